The Kier molecular flexibility index (Phi) is 4.61. The second kappa shape index (κ2) is 6.84. The Morgan fingerprint density at radius 2 is 1.93 bits per heavy atom. The first-order chi connectivity index (χ1) is 13.2. The van der Waals surface area contributed by atoms with Crippen LogP contribution < -0.4 is 10.9 Å². The molecule has 0 unspecified atom stereocenters. The predicted octanol–water partition coefficient (Wildman–Crippen LogP) is 4.17. The Morgan fingerprint density at radius 3 is 2.68 bits per heavy atom. The standard InChI is InChI=1S/C19H17ClF3N3O2/c20-14-5-4-13(19(21,22)23)7-15(14)24-18(28)25-8-11-6-12(10-25)16-2-1-3-17(27)26(16)9-11/h1-5,7,11-12H,6,8-10H2,(H,24,28)/t11-,12+/m1/s1. The molecule has 0 aliphatic carbocycles. The number of carbonyl (C=O) groups excluding carboxylic acids is 1. The van der Waals surface area contributed by atoms with Crippen LogP contribution in [-0.2, 0) is 12.7 Å². The normalized spacial score (nSPS) is 21.2. The third kappa shape index (κ3) is 3.48. The molecule has 0 saturated carbocycles. The van der Waals surface area contributed by atoms with Gasteiger partial charge in [0.25, 0.3) is 5.56 Å². The number of nitrogens with one attached hydrogen (secondary N) is 1. The van der Waals surface area contributed by atoms with E-state index in [1.54, 1.807) is 15.5 Å². The molecule has 1 aromatic heterocycles. The van der Waals surface area contributed by atoms with Gasteiger partial charge in [-0.1, -0.05) is 17.7 Å². The van der Waals surface area contributed by atoms with Gasteiger partial charge in [-0.3, -0.25) is 4.79 Å². The van der Waals surface area contributed by atoms with Crippen molar-refractivity contribution in [1.82, 2.24) is 9.47 Å². The van der Waals surface area contributed by atoms with Crippen molar-refractivity contribution >= 4 is 23.3 Å². The maximum atomic E-state index is 12.9. The van der Waals surface area contributed by atoms with Crippen molar-refractivity contribution in [2.75, 3.05) is 18.4 Å². The van der Waals surface area contributed by atoms with E-state index in [-0.39, 0.29) is 28.1 Å². The van der Waals surface area contributed by atoms with Crippen LogP contribution in [-0.4, -0.2) is 28.6 Å². The number of alkyl halides is 3. The van der Waals surface area contributed by atoms with Crippen LogP contribution in [0.15, 0.2) is 41.2 Å². The summed E-state index contributed by atoms with van der Waals surface area (Å²) in [6, 6.07) is 7.43. The SMILES string of the molecule is O=C(Nc1cc(C(F)(F)F)ccc1Cl)N1C[C@H]2C[C@@H](C1)c1cccc(=O)n1C2. The highest BCUT2D eigenvalue weighted by atomic mass is 35.5. The molecule has 2 aromatic rings. The maximum Gasteiger partial charge on any atom is 0.416 e. The minimum absolute atomic E-state index is 0.0177. The van der Waals surface area contributed by atoms with E-state index in [1.165, 1.54) is 6.07 Å². The highest BCUT2D eigenvalue weighted by molar-refractivity contribution is 6.33. The summed E-state index contributed by atoms with van der Waals surface area (Å²) >= 11 is 5.97. The number of pyridine rings is 1. The van der Waals surface area contributed by atoms with Crippen molar-refractivity contribution < 1.29 is 18.0 Å². The zero-order chi connectivity index (χ0) is 20.1. The minimum atomic E-state index is -4.52. The monoisotopic (exact) mass is 411 g/mol. The molecule has 28 heavy (non-hydrogen) atoms. The molecule has 5 nitrogen and oxygen atoms in total. The first kappa shape index (κ1) is 18.9. The first-order valence-electron chi connectivity index (χ1n) is 8.85. The predicted molar refractivity (Wildman–Crippen MR) is 98.6 cm³/mol. The fourth-order valence-electron chi connectivity index (χ4n) is 4.05. The molecule has 1 N–H and O–H groups in total. The average molecular weight is 412 g/mol. The number of carbonyl (C=O) groups is 1. The third-order valence-electron chi connectivity index (χ3n) is 5.30. The first-order valence-corrected chi connectivity index (χ1v) is 9.22. The lowest BCUT2D eigenvalue weighted by Gasteiger charge is -2.42. The Balaban J connectivity index is 1.54. The van der Waals surface area contributed by atoms with E-state index < -0.39 is 17.8 Å². The van der Waals surface area contributed by atoms with Crippen molar-refractivity contribution in [3.05, 3.63) is 63.0 Å². The molecule has 2 aliphatic rings. The number of benzene rings is 1. The number of anilines is 1. The molecule has 3 heterocycles. The molecule has 0 spiro atoms. The number of hydrogen-bond acceptors (Lipinski definition) is 2. The molecule has 2 atom stereocenters. The van der Waals surface area contributed by atoms with Gasteiger partial charge in [0.2, 0.25) is 0 Å². The molecule has 2 bridgehead atoms. The van der Waals surface area contributed by atoms with Crippen LogP contribution in [0, 0.1) is 5.92 Å². The van der Waals surface area contributed by atoms with E-state index in [2.05, 4.69) is 5.32 Å². The molecule has 1 aromatic carbocycles. The van der Waals surface area contributed by atoms with Crippen molar-refractivity contribution in [2.45, 2.75) is 25.1 Å². The number of piperidine rings is 1. The second-order valence-electron chi connectivity index (χ2n) is 7.23. The average Bonchev–Trinajstić information content (AvgIpc) is 2.63. The Morgan fingerprint density at radius 1 is 1.14 bits per heavy atom. The summed E-state index contributed by atoms with van der Waals surface area (Å²) in [6.07, 6.45) is -3.65. The van der Waals surface area contributed by atoms with E-state index >= 15 is 0 Å². The quantitative estimate of drug-likeness (QED) is 0.765. The highest BCUT2D eigenvalue weighted by Gasteiger charge is 2.36. The van der Waals surface area contributed by atoms with Gasteiger partial charge in [0, 0.05) is 37.3 Å². The number of fused-ring (bicyclic) bond motifs is 4. The maximum absolute atomic E-state index is 12.9. The minimum Gasteiger partial charge on any atom is -0.324 e. The highest BCUT2D eigenvalue weighted by Crippen LogP contribution is 2.36. The number of urea groups is 1. The van der Waals surface area contributed by atoms with Gasteiger partial charge in [0.1, 0.15) is 0 Å². The van der Waals surface area contributed by atoms with Crippen LogP contribution >= 0.6 is 11.6 Å². The summed E-state index contributed by atoms with van der Waals surface area (Å²) in [7, 11) is 0. The molecule has 1 fully saturated rings. The van der Waals surface area contributed by atoms with E-state index in [0.29, 0.717) is 19.6 Å². The van der Waals surface area contributed by atoms with E-state index in [4.69, 9.17) is 11.6 Å². The van der Waals surface area contributed by atoms with Crippen LogP contribution in [0.25, 0.3) is 0 Å². The van der Waals surface area contributed by atoms with E-state index in [0.717, 1.165) is 30.3 Å². The number of nitrogens with zero attached hydrogens (tertiary/aromatic N) is 2. The van der Waals surface area contributed by atoms with Gasteiger partial charge < -0.3 is 14.8 Å². The van der Waals surface area contributed by atoms with Gasteiger partial charge in [-0.15, -0.1) is 0 Å². The van der Waals surface area contributed by atoms with Gasteiger partial charge in [-0.25, -0.2) is 4.79 Å². The Bertz CT molecular complexity index is 989. The molecule has 2 amide bonds. The zero-order valence-corrected chi connectivity index (χ0v) is 15.4. The summed E-state index contributed by atoms with van der Waals surface area (Å²) in [6.45, 7) is 1.35. The molecule has 0 radical (unpaired) electrons. The largest absolute Gasteiger partial charge is 0.416 e. The van der Waals surface area contributed by atoms with Gasteiger partial charge in [-0.05, 0) is 36.6 Å². The van der Waals surface area contributed by atoms with Crippen LogP contribution in [0.5, 0.6) is 0 Å². The molecule has 4 rings (SSSR count). The van der Waals surface area contributed by atoms with Crippen molar-refractivity contribution in [1.29, 1.82) is 0 Å². The summed E-state index contributed by atoms with van der Waals surface area (Å²) < 4.78 is 40.5. The summed E-state index contributed by atoms with van der Waals surface area (Å²) in [5.74, 6) is 0.137. The fourth-order valence-corrected chi connectivity index (χ4v) is 4.22. The van der Waals surface area contributed by atoms with Crippen molar-refractivity contribution in [2.24, 2.45) is 5.92 Å². The molecular formula is C19H17ClF3N3O2. The number of rotatable bonds is 1. The summed E-state index contributed by atoms with van der Waals surface area (Å²) in [5.41, 5.74) is -0.121. The molecule has 2 aliphatic heterocycles. The number of halogens is 4. The summed E-state index contributed by atoms with van der Waals surface area (Å²) in [4.78, 5) is 26.3. The molecule has 1 saturated heterocycles. The lowest BCUT2D eigenvalue weighted by atomic mass is 9.83. The number of likely N-dealkylation sites (tertiary alicyclic amines) is 1. The van der Waals surface area contributed by atoms with Crippen LogP contribution in [0.2, 0.25) is 5.02 Å². The Hall–Kier alpha value is -2.48. The van der Waals surface area contributed by atoms with Gasteiger partial charge in [0.15, 0.2) is 0 Å². The Labute approximate surface area is 163 Å². The van der Waals surface area contributed by atoms with Gasteiger partial charge in [-0.2, -0.15) is 13.2 Å². The number of amides is 2. The molecule has 9 heteroatoms. The topological polar surface area (TPSA) is 54.3 Å². The lowest BCUT2D eigenvalue weighted by molar-refractivity contribution is -0.137. The van der Waals surface area contributed by atoms with Crippen LogP contribution in [0.1, 0.15) is 23.6 Å². The zero-order valence-electron chi connectivity index (χ0n) is 14.7. The van der Waals surface area contributed by atoms with Crippen molar-refractivity contribution in [3.63, 3.8) is 0 Å². The van der Waals surface area contributed by atoms with Gasteiger partial charge in [0.05, 0.1) is 16.3 Å². The van der Waals surface area contributed by atoms with Crippen LogP contribution in [0.4, 0.5) is 23.7 Å². The number of aromatic nitrogens is 1. The van der Waals surface area contributed by atoms with E-state index in [9.17, 15) is 22.8 Å². The van der Waals surface area contributed by atoms with Crippen molar-refractivity contribution in [3.8, 4) is 0 Å². The third-order valence-corrected chi connectivity index (χ3v) is 5.63. The fraction of sp³-hybridized carbons (Fsp3) is 0.368. The molecular weight excluding hydrogens is 395 g/mol. The van der Waals surface area contributed by atoms with E-state index in [1.807, 2.05) is 6.07 Å². The second-order valence-corrected chi connectivity index (χ2v) is 7.63. The lowest BCUT2D eigenvalue weighted by Crippen LogP contribution is -2.50. The smallest absolute Gasteiger partial charge is 0.324 e. The number of hydrogen-bond donors (Lipinski definition) is 1. The van der Waals surface area contributed by atoms with Crippen LogP contribution in [0.3, 0.4) is 0 Å². The molecule has 148 valence electrons. The van der Waals surface area contributed by atoms with Gasteiger partial charge >= 0.3 is 12.2 Å². The summed E-state index contributed by atoms with van der Waals surface area (Å²) in [5, 5.41) is 2.54.